The molecule has 0 fully saturated rings. The second kappa shape index (κ2) is 5.64. The highest BCUT2D eigenvalue weighted by Gasteiger charge is 2.09. The number of aryl methyl sites for hydroxylation is 3. The largest absolute Gasteiger partial charge is 0.334 e. The Bertz CT molecular complexity index is 933. The Hall–Kier alpha value is -3.03. The van der Waals surface area contributed by atoms with Crippen molar-refractivity contribution in [2.45, 2.75) is 6.54 Å². The smallest absolute Gasteiger partial charge is 0.328 e. The zero-order valence-corrected chi connectivity index (χ0v) is 13.2. The van der Waals surface area contributed by atoms with Gasteiger partial charge in [0.1, 0.15) is 0 Å². The maximum Gasteiger partial charge on any atom is 0.328 e. The molecule has 0 unspecified atom stereocenters. The number of aromatic nitrogens is 4. The van der Waals surface area contributed by atoms with Crippen molar-refractivity contribution in [3.8, 4) is 0 Å². The van der Waals surface area contributed by atoms with E-state index in [0.717, 1.165) is 16.6 Å². The number of anilines is 1. The summed E-state index contributed by atoms with van der Waals surface area (Å²) >= 11 is 0. The molecule has 0 saturated carbocycles. The van der Waals surface area contributed by atoms with Crippen molar-refractivity contribution in [1.29, 1.82) is 0 Å². The normalized spacial score (nSPS) is 10.9. The van der Waals surface area contributed by atoms with E-state index in [1.165, 1.54) is 0 Å². The molecule has 8 nitrogen and oxygen atoms in total. The van der Waals surface area contributed by atoms with Gasteiger partial charge in [-0.2, -0.15) is 5.10 Å². The van der Waals surface area contributed by atoms with Gasteiger partial charge < -0.3 is 10.6 Å². The van der Waals surface area contributed by atoms with Gasteiger partial charge in [-0.3, -0.25) is 13.8 Å². The Morgan fingerprint density at radius 1 is 1.17 bits per heavy atom. The molecule has 23 heavy (non-hydrogen) atoms. The SMILES string of the molecule is Cn1cc(CNC(=O)Nc2ccc3c(c2)n(C)c(=O)n3C)cn1. The van der Waals surface area contributed by atoms with Crippen LogP contribution in [0, 0.1) is 0 Å². The zero-order valence-electron chi connectivity index (χ0n) is 13.2. The van der Waals surface area contributed by atoms with Crippen molar-refractivity contribution in [1.82, 2.24) is 24.2 Å². The topological polar surface area (TPSA) is 85.9 Å². The van der Waals surface area contributed by atoms with Gasteiger partial charge in [0.2, 0.25) is 0 Å². The van der Waals surface area contributed by atoms with Crippen molar-refractivity contribution in [2.75, 3.05) is 5.32 Å². The van der Waals surface area contributed by atoms with E-state index in [4.69, 9.17) is 0 Å². The highest BCUT2D eigenvalue weighted by molar-refractivity contribution is 5.92. The van der Waals surface area contributed by atoms with Crippen LogP contribution in [0.25, 0.3) is 11.0 Å². The molecule has 2 N–H and O–H groups in total. The minimum Gasteiger partial charge on any atom is -0.334 e. The summed E-state index contributed by atoms with van der Waals surface area (Å²) in [6.07, 6.45) is 3.54. The lowest BCUT2D eigenvalue weighted by molar-refractivity contribution is 0.251. The van der Waals surface area contributed by atoms with E-state index in [1.807, 2.05) is 19.3 Å². The van der Waals surface area contributed by atoms with Gasteiger partial charge in [0.15, 0.2) is 0 Å². The fourth-order valence-corrected chi connectivity index (χ4v) is 2.51. The van der Waals surface area contributed by atoms with Crippen LogP contribution in [0.1, 0.15) is 5.56 Å². The van der Waals surface area contributed by atoms with Gasteiger partial charge in [-0.05, 0) is 18.2 Å². The second-order valence-electron chi connectivity index (χ2n) is 5.43. The van der Waals surface area contributed by atoms with E-state index in [2.05, 4.69) is 15.7 Å². The lowest BCUT2D eigenvalue weighted by Gasteiger charge is -2.07. The molecule has 0 aliphatic heterocycles. The van der Waals surface area contributed by atoms with Gasteiger partial charge in [0.25, 0.3) is 0 Å². The summed E-state index contributed by atoms with van der Waals surface area (Å²) in [7, 11) is 5.25. The van der Waals surface area contributed by atoms with Crippen LogP contribution in [0.2, 0.25) is 0 Å². The number of benzene rings is 1. The number of imidazole rings is 1. The first kappa shape index (κ1) is 14.9. The molecule has 1 aromatic carbocycles. The van der Waals surface area contributed by atoms with Gasteiger partial charge in [0, 0.05) is 45.1 Å². The number of amides is 2. The molecule has 0 saturated heterocycles. The molecule has 0 spiro atoms. The quantitative estimate of drug-likeness (QED) is 0.754. The van der Waals surface area contributed by atoms with Gasteiger partial charge in [-0.15, -0.1) is 0 Å². The van der Waals surface area contributed by atoms with Gasteiger partial charge in [-0.25, -0.2) is 9.59 Å². The van der Waals surface area contributed by atoms with Gasteiger partial charge >= 0.3 is 11.7 Å². The maximum absolute atomic E-state index is 12.0. The minimum absolute atomic E-state index is 0.0989. The third-order valence-corrected chi connectivity index (χ3v) is 3.74. The number of rotatable bonds is 3. The molecule has 0 atom stereocenters. The van der Waals surface area contributed by atoms with Crippen molar-refractivity contribution in [3.63, 3.8) is 0 Å². The third kappa shape index (κ3) is 2.83. The van der Waals surface area contributed by atoms with E-state index in [0.29, 0.717) is 12.2 Å². The number of hydrogen-bond donors (Lipinski definition) is 2. The van der Waals surface area contributed by atoms with Crippen LogP contribution in [-0.2, 0) is 27.7 Å². The standard InChI is InChI=1S/C15H18N6O2/c1-19-9-10(8-17-19)7-16-14(22)18-11-4-5-12-13(6-11)21(3)15(23)20(12)2/h4-6,8-9H,7H2,1-3H3,(H2,16,18,22). The first-order valence-corrected chi connectivity index (χ1v) is 7.13. The summed E-state index contributed by atoms with van der Waals surface area (Å²) in [4.78, 5) is 23.9. The zero-order chi connectivity index (χ0) is 16.6. The Morgan fingerprint density at radius 2 is 1.91 bits per heavy atom. The molecule has 0 radical (unpaired) electrons. The van der Waals surface area contributed by atoms with Gasteiger partial charge in [-0.1, -0.05) is 0 Å². The predicted molar refractivity (Wildman–Crippen MR) is 87.2 cm³/mol. The molecular weight excluding hydrogens is 296 g/mol. The number of carbonyl (C=O) groups excluding carboxylic acids is 1. The summed E-state index contributed by atoms with van der Waals surface area (Å²) in [5, 5.41) is 9.57. The van der Waals surface area contributed by atoms with Crippen LogP contribution in [-0.4, -0.2) is 24.9 Å². The molecule has 3 rings (SSSR count). The predicted octanol–water partition coefficient (Wildman–Crippen LogP) is 0.932. The van der Waals surface area contributed by atoms with Gasteiger partial charge in [0.05, 0.1) is 17.2 Å². The average Bonchev–Trinajstić information content (AvgIpc) is 3.04. The Morgan fingerprint density at radius 3 is 2.61 bits per heavy atom. The molecular formula is C15H18N6O2. The summed E-state index contributed by atoms with van der Waals surface area (Å²) in [6.45, 7) is 0.395. The van der Waals surface area contributed by atoms with Crippen LogP contribution in [0.15, 0.2) is 35.4 Å². The molecule has 3 aromatic rings. The monoisotopic (exact) mass is 314 g/mol. The molecule has 2 amide bonds. The molecule has 0 aliphatic carbocycles. The Kier molecular flexibility index (Phi) is 3.65. The minimum atomic E-state index is -0.311. The third-order valence-electron chi connectivity index (χ3n) is 3.74. The average molecular weight is 314 g/mol. The first-order chi connectivity index (χ1) is 11.0. The van der Waals surface area contributed by atoms with Crippen molar-refractivity contribution < 1.29 is 4.79 Å². The molecule has 120 valence electrons. The number of urea groups is 1. The number of fused-ring (bicyclic) bond motifs is 1. The second-order valence-corrected chi connectivity index (χ2v) is 5.43. The lowest BCUT2D eigenvalue weighted by Crippen LogP contribution is -2.28. The van der Waals surface area contributed by atoms with Crippen LogP contribution in [0.5, 0.6) is 0 Å². The van der Waals surface area contributed by atoms with E-state index in [1.54, 1.807) is 46.2 Å². The summed E-state index contributed by atoms with van der Waals surface area (Å²) in [6, 6.07) is 5.05. The Balaban J connectivity index is 1.72. The fraction of sp³-hybridized carbons (Fsp3) is 0.267. The highest BCUT2D eigenvalue weighted by Crippen LogP contribution is 2.17. The van der Waals surface area contributed by atoms with Crippen molar-refractivity contribution >= 4 is 22.8 Å². The van der Waals surface area contributed by atoms with Crippen molar-refractivity contribution in [3.05, 3.63) is 46.6 Å². The van der Waals surface area contributed by atoms with Crippen molar-refractivity contribution in [2.24, 2.45) is 21.1 Å². The molecule has 2 heterocycles. The summed E-state index contributed by atoms with van der Waals surface area (Å²) in [5.74, 6) is 0. The molecule has 0 aliphatic rings. The summed E-state index contributed by atoms with van der Waals surface area (Å²) in [5.41, 5.74) is 3.03. The number of nitrogens with zero attached hydrogens (tertiary/aromatic N) is 4. The number of carbonyl (C=O) groups is 1. The van der Waals surface area contributed by atoms with E-state index in [-0.39, 0.29) is 11.7 Å². The van der Waals surface area contributed by atoms with Crippen LogP contribution < -0.4 is 16.3 Å². The number of hydrogen-bond acceptors (Lipinski definition) is 3. The van der Waals surface area contributed by atoms with E-state index in [9.17, 15) is 9.59 Å². The first-order valence-electron chi connectivity index (χ1n) is 7.13. The fourth-order valence-electron chi connectivity index (χ4n) is 2.51. The molecule has 0 bridgehead atoms. The molecule has 2 aromatic heterocycles. The summed E-state index contributed by atoms with van der Waals surface area (Å²) < 4.78 is 4.80. The molecule has 8 heteroatoms. The van der Waals surface area contributed by atoms with Crippen LogP contribution in [0.3, 0.4) is 0 Å². The number of nitrogens with one attached hydrogen (secondary N) is 2. The lowest BCUT2D eigenvalue weighted by atomic mass is 10.2. The Labute approximate surface area is 132 Å². The van der Waals surface area contributed by atoms with Crippen LogP contribution >= 0.6 is 0 Å². The van der Waals surface area contributed by atoms with Crippen LogP contribution in [0.4, 0.5) is 10.5 Å². The highest BCUT2D eigenvalue weighted by atomic mass is 16.2. The van der Waals surface area contributed by atoms with E-state index < -0.39 is 0 Å². The maximum atomic E-state index is 12.0. The van der Waals surface area contributed by atoms with E-state index >= 15 is 0 Å².